The van der Waals surface area contributed by atoms with Crippen LogP contribution in [0, 0.1) is 10.1 Å². The highest BCUT2D eigenvalue weighted by Gasteiger charge is 2.29. The molecule has 0 unspecified atom stereocenters. The molecule has 0 aliphatic carbocycles. The first kappa shape index (κ1) is 17.4. The van der Waals surface area contributed by atoms with E-state index in [4.69, 9.17) is 9.47 Å². The normalized spacial score (nSPS) is 14.7. The van der Waals surface area contributed by atoms with Gasteiger partial charge >= 0.3 is 5.97 Å². The lowest BCUT2D eigenvalue weighted by molar-refractivity contribution is -0.384. The molecule has 26 heavy (non-hydrogen) atoms. The number of benzene rings is 1. The molecule has 3 rings (SSSR count). The van der Waals surface area contributed by atoms with Crippen LogP contribution in [-0.2, 0) is 4.79 Å². The summed E-state index contributed by atoms with van der Waals surface area (Å²) in [7, 11) is 0. The van der Waals surface area contributed by atoms with Crippen LogP contribution in [0.4, 0.5) is 5.69 Å². The van der Waals surface area contributed by atoms with Crippen molar-refractivity contribution < 1.29 is 19.2 Å². The Morgan fingerprint density at radius 2 is 2.04 bits per heavy atom. The largest absolute Gasteiger partial charge is 0.483 e. The van der Waals surface area contributed by atoms with Crippen LogP contribution in [-0.4, -0.2) is 21.1 Å². The van der Waals surface area contributed by atoms with Gasteiger partial charge in [0, 0.05) is 30.8 Å². The molecule has 134 valence electrons. The van der Waals surface area contributed by atoms with Gasteiger partial charge in [-0.2, -0.15) is 0 Å². The predicted molar refractivity (Wildman–Crippen MR) is 93.2 cm³/mol. The van der Waals surface area contributed by atoms with Crippen LogP contribution < -0.4 is 15.0 Å². The van der Waals surface area contributed by atoms with E-state index in [-0.39, 0.29) is 11.4 Å². The van der Waals surface area contributed by atoms with Crippen molar-refractivity contribution in [3.05, 3.63) is 68.6 Å². The summed E-state index contributed by atoms with van der Waals surface area (Å²) < 4.78 is 12.1. The molecule has 0 saturated heterocycles. The monoisotopic (exact) mass is 356 g/mol. The van der Waals surface area contributed by atoms with E-state index in [1.165, 1.54) is 42.0 Å². The second-order valence-corrected chi connectivity index (χ2v) is 6.31. The third-order valence-corrected chi connectivity index (χ3v) is 3.73. The molecule has 0 amide bonds. The van der Waals surface area contributed by atoms with Gasteiger partial charge in [0.1, 0.15) is 11.4 Å². The minimum absolute atomic E-state index is 0.123. The third-order valence-electron chi connectivity index (χ3n) is 3.73. The van der Waals surface area contributed by atoms with Gasteiger partial charge in [0.15, 0.2) is 5.75 Å². The average Bonchev–Trinajstić information content (AvgIpc) is 2.54. The van der Waals surface area contributed by atoms with Gasteiger partial charge in [0.05, 0.1) is 10.6 Å². The van der Waals surface area contributed by atoms with Crippen molar-refractivity contribution in [2.45, 2.75) is 26.4 Å². The highest BCUT2D eigenvalue weighted by molar-refractivity contribution is 5.75. The fourth-order valence-corrected chi connectivity index (χ4v) is 2.74. The third kappa shape index (κ3) is 3.21. The summed E-state index contributed by atoms with van der Waals surface area (Å²) in [5, 5.41) is 11.1. The summed E-state index contributed by atoms with van der Waals surface area (Å²) in [4.78, 5) is 34.5. The maximum Gasteiger partial charge on any atom is 0.308 e. The van der Waals surface area contributed by atoms with E-state index in [1.54, 1.807) is 26.0 Å². The van der Waals surface area contributed by atoms with Crippen molar-refractivity contribution in [1.29, 1.82) is 0 Å². The molecule has 1 aromatic heterocycles. The molecular formula is C18H16N2O6. The molecule has 2 aromatic rings. The van der Waals surface area contributed by atoms with E-state index in [2.05, 4.69) is 0 Å². The number of fused-ring (bicyclic) bond motifs is 1. The number of pyridine rings is 1. The minimum atomic E-state index is -0.741. The van der Waals surface area contributed by atoms with E-state index in [1.807, 2.05) is 0 Å². The second kappa shape index (κ2) is 6.14. The molecule has 8 nitrogen and oxygen atoms in total. The SMILES string of the molecule is CC(=O)Oc1cccn(C2=CC(C)(C)Oc3ccc([N+](=O)[O-])cc32)c1=O. The van der Waals surface area contributed by atoms with Gasteiger partial charge in [-0.25, -0.2) is 0 Å². The maximum absolute atomic E-state index is 12.7. The second-order valence-electron chi connectivity index (χ2n) is 6.31. The number of hydrogen-bond donors (Lipinski definition) is 0. The lowest BCUT2D eigenvalue weighted by Crippen LogP contribution is -2.32. The Kier molecular flexibility index (Phi) is 4.11. The highest BCUT2D eigenvalue weighted by atomic mass is 16.6. The number of carbonyl (C=O) groups excluding carboxylic acids is 1. The van der Waals surface area contributed by atoms with Crippen molar-refractivity contribution in [2.75, 3.05) is 0 Å². The summed E-state index contributed by atoms with van der Waals surface area (Å²) in [6.07, 6.45) is 3.20. The van der Waals surface area contributed by atoms with Gasteiger partial charge in [-0.15, -0.1) is 0 Å². The summed E-state index contributed by atoms with van der Waals surface area (Å²) in [6, 6.07) is 7.14. The van der Waals surface area contributed by atoms with Crippen LogP contribution >= 0.6 is 0 Å². The van der Waals surface area contributed by atoms with Gasteiger partial charge in [-0.3, -0.25) is 24.3 Å². The maximum atomic E-state index is 12.7. The number of nitrogens with zero attached hydrogens (tertiary/aromatic N) is 2. The van der Waals surface area contributed by atoms with Crippen LogP contribution in [0.1, 0.15) is 26.3 Å². The van der Waals surface area contributed by atoms with E-state index in [9.17, 15) is 19.7 Å². The van der Waals surface area contributed by atoms with Crippen molar-refractivity contribution in [2.24, 2.45) is 0 Å². The van der Waals surface area contributed by atoms with Crippen LogP contribution in [0.5, 0.6) is 11.5 Å². The first-order valence-electron chi connectivity index (χ1n) is 7.79. The van der Waals surface area contributed by atoms with Crippen molar-refractivity contribution in [3.8, 4) is 11.5 Å². The van der Waals surface area contributed by atoms with Crippen molar-refractivity contribution in [1.82, 2.24) is 4.57 Å². The van der Waals surface area contributed by atoms with Crippen LogP contribution in [0.15, 0.2) is 47.4 Å². The first-order chi connectivity index (χ1) is 12.2. The van der Waals surface area contributed by atoms with E-state index in [0.29, 0.717) is 17.0 Å². The first-order valence-corrected chi connectivity index (χ1v) is 7.79. The zero-order valence-electron chi connectivity index (χ0n) is 14.4. The predicted octanol–water partition coefficient (Wildman–Crippen LogP) is 2.74. The number of nitro groups is 1. The molecular weight excluding hydrogens is 340 g/mol. The van der Waals surface area contributed by atoms with E-state index >= 15 is 0 Å². The number of esters is 1. The summed E-state index contributed by atoms with van der Waals surface area (Å²) in [6.45, 7) is 4.81. The van der Waals surface area contributed by atoms with Gasteiger partial charge in [0.25, 0.3) is 11.2 Å². The summed E-state index contributed by atoms with van der Waals surface area (Å²) >= 11 is 0. The molecule has 8 heteroatoms. The molecule has 0 saturated carbocycles. The summed E-state index contributed by atoms with van der Waals surface area (Å²) in [5.41, 5.74) is -0.596. The number of carbonyl (C=O) groups is 1. The molecule has 0 bridgehead atoms. The van der Waals surface area contributed by atoms with Gasteiger partial charge in [-0.1, -0.05) is 0 Å². The summed E-state index contributed by atoms with van der Waals surface area (Å²) in [5.74, 6) is -0.322. The van der Waals surface area contributed by atoms with Gasteiger partial charge < -0.3 is 9.47 Å². The van der Waals surface area contributed by atoms with E-state index in [0.717, 1.165) is 0 Å². The fraction of sp³-hybridized carbons (Fsp3) is 0.222. The minimum Gasteiger partial charge on any atom is -0.483 e. The van der Waals surface area contributed by atoms with Gasteiger partial charge in [0.2, 0.25) is 0 Å². The molecule has 1 aliphatic rings. The number of nitro benzene ring substituents is 1. The lowest BCUT2D eigenvalue weighted by atomic mass is 9.98. The molecule has 0 atom stereocenters. The molecule has 0 spiro atoms. The molecule has 0 fully saturated rings. The molecule has 1 aromatic carbocycles. The van der Waals surface area contributed by atoms with Crippen molar-refractivity contribution in [3.63, 3.8) is 0 Å². The number of rotatable bonds is 3. The number of aromatic nitrogens is 1. The molecule has 0 radical (unpaired) electrons. The standard InChI is InChI=1S/C18H16N2O6/c1-11(21)25-16-5-4-8-19(17(16)22)14-10-18(2,3)26-15-7-6-12(20(23)24)9-13(14)15/h4-10H,1-3H3. The number of ether oxygens (including phenoxy) is 2. The fourth-order valence-electron chi connectivity index (χ4n) is 2.74. The van der Waals surface area contributed by atoms with Crippen LogP contribution in [0.3, 0.4) is 0 Å². The van der Waals surface area contributed by atoms with Crippen LogP contribution in [0.2, 0.25) is 0 Å². The number of hydrogen-bond acceptors (Lipinski definition) is 6. The Hall–Kier alpha value is -3.42. The van der Waals surface area contributed by atoms with E-state index < -0.39 is 22.1 Å². The Balaban J connectivity index is 2.23. The topological polar surface area (TPSA) is 101 Å². The molecule has 0 N–H and O–H groups in total. The molecule has 2 heterocycles. The van der Waals surface area contributed by atoms with Gasteiger partial charge in [-0.05, 0) is 38.1 Å². The highest BCUT2D eigenvalue weighted by Crippen LogP contribution is 2.38. The quantitative estimate of drug-likeness (QED) is 0.476. The van der Waals surface area contributed by atoms with Crippen molar-refractivity contribution >= 4 is 17.4 Å². The Morgan fingerprint density at radius 3 is 2.69 bits per heavy atom. The Morgan fingerprint density at radius 1 is 1.31 bits per heavy atom. The molecule has 1 aliphatic heterocycles. The lowest BCUT2D eigenvalue weighted by Gasteiger charge is -2.31. The Labute approximate surface area is 148 Å². The smallest absolute Gasteiger partial charge is 0.308 e. The zero-order valence-corrected chi connectivity index (χ0v) is 14.4. The Bertz CT molecular complexity index is 1000. The average molecular weight is 356 g/mol. The number of non-ortho nitro benzene ring substituents is 1. The van der Waals surface area contributed by atoms with Crippen LogP contribution in [0.25, 0.3) is 5.70 Å². The zero-order chi connectivity index (χ0) is 19.1.